The molecule has 1 aromatic rings. The number of furan rings is 1. The van der Waals surface area contributed by atoms with Crippen LogP contribution in [0, 0.1) is 11.8 Å². The first kappa shape index (κ1) is 16.0. The second-order valence-corrected chi connectivity index (χ2v) is 7.93. The summed E-state index contributed by atoms with van der Waals surface area (Å²) < 4.78 is 33.4. The summed E-state index contributed by atoms with van der Waals surface area (Å²) in [4.78, 5) is 0.175. The fourth-order valence-electron chi connectivity index (χ4n) is 2.64. The highest BCUT2D eigenvalue weighted by Gasteiger charge is 2.34. The van der Waals surface area contributed by atoms with Gasteiger partial charge in [0.1, 0.15) is 10.7 Å². The Morgan fingerprint density at radius 2 is 2.10 bits per heavy atom. The van der Waals surface area contributed by atoms with Gasteiger partial charge in [-0.25, -0.2) is 13.1 Å². The van der Waals surface area contributed by atoms with Gasteiger partial charge >= 0.3 is 0 Å². The monoisotopic (exact) mass is 364 g/mol. The van der Waals surface area contributed by atoms with Gasteiger partial charge in [0.15, 0.2) is 4.67 Å². The zero-order valence-electron chi connectivity index (χ0n) is 11.9. The summed E-state index contributed by atoms with van der Waals surface area (Å²) in [7, 11) is -1.76. The van der Waals surface area contributed by atoms with Crippen molar-refractivity contribution in [3.63, 3.8) is 0 Å². The topological polar surface area (TPSA) is 71.3 Å². The quantitative estimate of drug-likeness (QED) is 0.841. The fraction of sp³-hybridized carbons (Fsp3) is 0.692. The molecule has 1 fully saturated rings. The van der Waals surface area contributed by atoms with Crippen LogP contribution in [0.15, 0.2) is 20.0 Å². The molecule has 2 rings (SSSR count). The number of hydrogen-bond acceptors (Lipinski definition) is 4. The van der Waals surface area contributed by atoms with E-state index >= 15 is 0 Å². The maximum absolute atomic E-state index is 12.5. The third kappa shape index (κ3) is 3.27. The molecule has 7 heteroatoms. The summed E-state index contributed by atoms with van der Waals surface area (Å²) in [5, 5.41) is 2.93. The Balaban J connectivity index is 2.18. The summed E-state index contributed by atoms with van der Waals surface area (Å²) >= 11 is 3.19. The van der Waals surface area contributed by atoms with Crippen LogP contribution in [0.25, 0.3) is 0 Å². The van der Waals surface area contributed by atoms with Gasteiger partial charge in [-0.3, -0.25) is 0 Å². The molecule has 0 radical (unpaired) electrons. The van der Waals surface area contributed by atoms with Crippen molar-refractivity contribution < 1.29 is 12.8 Å². The van der Waals surface area contributed by atoms with Crippen LogP contribution < -0.4 is 10.0 Å². The molecule has 0 bridgehead atoms. The van der Waals surface area contributed by atoms with E-state index in [1.54, 1.807) is 13.1 Å². The maximum Gasteiger partial charge on any atom is 0.245 e. The van der Waals surface area contributed by atoms with Crippen molar-refractivity contribution in [3.8, 4) is 0 Å². The number of halogens is 1. The largest absolute Gasteiger partial charge is 0.452 e. The molecule has 0 spiro atoms. The van der Waals surface area contributed by atoms with Gasteiger partial charge in [0.25, 0.3) is 0 Å². The lowest BCUT2D eigenvalue weighted by Crippen LogP contribution is -2.37. The average molecular weight is 365 g/mol. The van der Waals surface area contributed by atoms with E-state index in [2.05, 4.69) is 39.8 Å². The molecule has 2 N–H and O–H groups in total. The summed E-state index contributed by atoms with van der Waals surface area (Å²) in [5.41, 5.74) is 0. The molecule has 0 aromatic carbocycles. The normalized spacial score (nSPS) is 27.1. The highest BCUT2D eigenvalue weighted by molar-refractivity contribution is 9.10. The lowest BCUT2D eigenvalue weighted by molar-refractivity contribution is 0.401. The molecule has 3 unspecified atom stereocenters. The molecule has 1 aliphatic rings. The van der Waals surface area contributed by atoms with Crippen molar-refractivity contribution in [1.29, 1.82) is 0 Å². The van der Waals surface area contributed by atoms with Crippen LogP contribution in [-0.2, 0) is 16.6 Å². The molecule has 1 saturated carbocycles. The van der Waals surface area contributed by atoms with E-state index in [1.165, 1.54) is 0 Å². The predicted molar refractivity (Wildman–Crippen MR) is 80.8 cm³/mol. The van der Waals surface area contributed by atoms with Gasteiger partial charge in [-0.2, -0.15) is 0 Å². The van der Waals surface area contributed by atoms with Crippen LogP contribution in [-0.4, -0.2) is 21.5 Å². The number of hydrogen-bond donors (Lipinski definition) is 2. The van der Waals surface area contributed by atoms with Gasteiger partial charge in [-0.15, -0.1) is 0 Å². The minimum Gasteiger partial charge on any atom is -0.452 e. The molecule has 1 aliphatic carbocycles. The molecule has 5 nitrogen and oxygen atoms in total. The number of rotatable bonds is 5. The summed E-state index contributed by atoms with van der Waals surface area (Å²) in [6.07, 6.45) is 1.95. The van der Waals surface area contributed by atoms with Crippen LogP contribution in [0.4, 0.5) is 0 Å². The third-order valence-corrected chi connectivity index (χ3v) is 6.47. The smallest absolute Gasteiger partial charge is 0.245 e. The Bertz CT molecular complexity index is 570. The Kier molecular flexibility index (Phi) is 4.94. The highest BCUT2D eigenvalue weighted by Crippen LogP contribution is 2.33. The standard InChI is InChI=1S/C13H21BrN2O3S/c1-8-4-5-11(9(8)2)16-20(17,18)12-6-10(7-15-3)19-13(12)14/h6,8-9,11,15-16H,4-5,7H2,1-3H3. The molecular weight excluding hydrogens is 344 g/mol. The number of nitrogens with one attached hydrogen (secondary N) is 2. The second-order valence-electron chi connectivity index (χ2n) is 5.52. The molecule has 114 valence electrons. The summed E-state index contributed by atoms with van der Waals surface area (Å²) in [5.74, 6) is 1.50. The Morgan fingerprint density at radius 3 is 2.65 bits per heavy atom. The summed E-state index contributed by atoms with van der Waals surface area (Å²) in [6, 6.07) is 1.57. The molecular formula is C13H21BrN2O3S. The molecule has 1 aromatic heterocycles. The maximum atomic E-state index is 12.5. The van der Waals surface area contributed by atoms with Crippen molar-refractivity contribution >= 4 is 26.0 Å². The average Bonchev–Trinajstić information content (AvgIpc) is 2.88. The van der Waals surface area contributed by atoms with Gasteiger partial charge in [-0.1, -0.05) is 13.8 Å². The Morgan fingerprint density at radius 1 is 1.40 bits per heavy atom. The summed E-state index contributed by atoms with van der Waals surface area (Å²) in [6.45, 7) is 4.75. The minimum absolute atomic E-state index is 0.00421. The molecule has 20 heavy (non-hydrogen) atoms. The third-order valence-electron chi connectivity index (χ3n) is 4.12. The SMILES string of the molecule is CNCc1cc(S(=O)(=O)NC2CCC(C)C2C)c(Br)o1. The lowest BCUT2D eigenvalue weighted by Gasteiger charge is -2.19. The van der Waals surface area contributed by atoms with Gasteiger partial charge in [0.2, 0.25) is 10.0 Å². The second kappa shape index (κ2) is 6.17. The minimum atomic E-state index is -3.55. The highest BCUT2D eigenvalue weighted by atomic mass is 79.9. The van der Waals surface area contributed by atoms with Crippen LogP contribution in [0.5, 0.6) is 0 Å². The van der Waals surface area contributed by atoms with Crippen molar-refractivity contribution in [3.05, 3.63) is 16.5 Å². The molecule has 0 amide bonds. The molecule has 1 heterocycles. The van der Waals surface area contributed by atoms with Crippen molar-refractivity contribution in [2.45, 2.75) is 44.2 Å². The van der Waals surface area contributed by atoms with E-state index in [0.717, 1.165) is 12.8 Å². The first-order valence-electron chi connectivity index (χ1n) is 6.80. The van der Waals surface area contributed by atoms with Gasteiger partial charge in [0.05, 0.1) is 6.54 Å². The first-order chi connectivity index (χ1) is 9.35. The van der Waals surface area contributed by atoms with Crippen molar-refractivity contribution in [2.24, 2.45) is 11.8 Å². The van der Waals surface area contributed by atoms with Crippen LogP contribution in [0.2, 0.25) is 0 Å². The predicted octanol–water partition coefficient (Wildman–Crippen LogP) is 2.47. The fourth-order valence-corrected chi connectivity index (χ4v) is 5.00. The van der Waals surface area contributed by atoms with E-state index < -0.39 is 10.0 Å². The van der Waals surface area contributed by atoms with Crippen LogP contribution >= 0.6 is 15.9 Å². The zero-order valence-corrected chi connectivity index (χ0v) is 14.3. The first-order valence-corrected chi connectivity index (χ1v) is 9.08. The van der Waals surface area contributed by atoms with E-state index in [4.69, 9.17) is 4.42 Å². The van der Waals surface area contributed by atoms with Gasteiger partial charge in [0, 0.05) is 12.1 Å². The van der Waals surface area contributed by atoms with Crippen LogP contribution in [0.3, 0.4) is 0 Å². The lowest BCUT2D eigenvalue weighted by atomic mass is 9.98. The van der Waals surface area contributed by atoms with Crippen molar-refractivity contribution in [2.75, 3.05) is 7.05 Å². The van der Waals surface area contributed by atoms with E-state index in [-0.39, 0.29) is 15.6 Å². The van der Waals surface area contributed by atoms with Gasteiger partial charge in [-0.05, 0) is 47.7 Å². The number of sulfonamides is 1. The Hall–Kier alpha value is -0.370. The van der Waals surface area contributed by atoms with E-state index in [0.29, 0.717) is 24.1 Å². The molecule has 3 atom stereocenters. The van der Waals surface area contributed by atoms with E-state index in [1.807, 2.05) is 0 Å². The van der Waals surface area contributed by atoms with Crippen molar-refractivity contribution in [1.82, 2.24) is 10.0 Å². The van der Waals surface area contributed by atoms with E-state index in [9.17, 15) is 8.42 Å². The van der Waals surface area contributed by atoms with Crippen LogP contribution in [0.1, 0.15) is 32.4 Å². The zero-order chi connectivity index (χ0) is 14.9. The molecule has 0 aliphatic heterocycles. The van der Waals surface area contributed by atoms with Gasteiger partial charge < -0.3 is 9.73 Å². The molecule has 0 saturated heterocycles. The Labute approximate surface area is 128 Å².